The lowest BCUT2D eigenvalue weighted by Crippen LogP contribution is -2.14. The molecule has 2 aromatic carbocycles. The highest BCUT2D eigenvalue weighted by molar-refractivity contribution is 6.34. The monoisotopic (exact) mass is 289 g/mol. The summed E-state index contributed by atoms with van der Waals surface area (Å²) < 4.78 is 13.6. The predicted molar refractivity (Wildman–Crippen MR) is 75.5 cm³/mol. The Balaban J connectivity index is 1.92. The number of aromatic nitrogens is 2. The number of halogens is 2. The molecule has 0 fully saturated rings. The van der Waals surface area contributed by atoms with Gasteiger partial charge in [0.05, 0.1) is 27.9 Å². The van der Waals surface area contributed by atoms with Crippen molar-refractivity contribution < 1.29 is 9.18 Å². The maximum absolute atomic E-state index is 13.6. The van der Waals surface area contributed by atoms with Crippen LogP contribution >= 0.6 is 11.6 Å². The molecule has 0 saturated heterocycles. The fourth-order valence-electron chi connectivity index (χ4n) is 1.92. The van der Waals surface area contributed by atoms with Crippen LogP contribution in [0.2, 0.25) is 5.02 Å². The summed E-state index contributed by atoms with van der Waals surface area (Å²) in [5.41, 5.74) is 1.93. The Labute approximate surface area is 118 Å². The van der Waals surface area contributed by atoms with E-state index in [0.29, 0.717) is 5.69 Å². The molecule has 0 bridgehead atoms. The fraction of sp³-hybridized carbons (Fsp3) is 0. The highest BCUT2D eigenvalue weighted by Gasteiger charge is 2.15. The van der Waals surface area contributed by atoms with Gasteiger partial charge in [-0.3, -0.25) is 4.79 Å². The van der Waals surface area contributed by atoms with Crippen LogP contribution in [0.4, 0.5) is 10.1 Å². The minimum Gasteiger partial charge on any atom is -0.345 e. The van der Waals surface area contributed by atoms with Crippen LogP contribution in [0.15, 0.2) is 42.7 Å². The zero-order valence-electron chi connectivity index (χ0n) is 10.2. The Hall–Kier alpha value is -2.40. The third-order valence-electron chi connectivity index (χ3n) is 2.87. The Bertz CT molecular complexity index is 780. The molecule has 0 aliphatic rings. The van der Waals surface area contributed by atoms with Gasteiger partial charge in [-0.15, -0.1) is 0 Å². The summed E-state index contributed by atoms with van der Waals surface area (Å²) in [6, 6.07) is 9.27. The number of aromatic amines is 1. The van der Waals surface area contributed by atoms with Crippen molar-refractivity contribution in [2.45, 2.75) is 0 Å². The van der Waals surface area contributed by atoms with Crippen LogP contribution in [0, 0.1) is 5.82 Å². The second-order valence-corrected chi connectivity index (χ2v) is 4.59. The molecule has 0 aliphatic heterocycles. The third-order valence-corrected chi connectivity index (χ3v) is 3.18. The van der Waals surface area contributed by atoms with Gasteiger partial charge in [-0.25, -0.2) is 9.37 Å². The normalized spacial score (nSPS) is 10.7. The van der Waals surface area contributed by atoms with Crippen molar-refractivity contribution in [2.75, 3.05) is 5.32 Å². The lowest BCUT2D eigenvalue weighted by atomic mass is 10.2. The molecular formula is C14H9ClFN3O. The Kier molecular flexibility index (Phi) is 3.12. The molecule has 3 rings (SSSR count). The summed E-state index contributed by atoms with van der Waals surface area (Å²) in [7, 11) is 0. The van der Waals surface area contributed by atoms with Crippen LogP contribution in [-0.4, -0.2) is 15.9 Å². The highest BCUT2D eigenvalue weighted by atomic mass is 35.5. The van der Waals surface area contributed by atoms with Crippen molar-refractivity contribution in [1.29, 1.82) is 0 Å². The summed E-state index contributed by atoms with van der Waals surface area (Å²) in [5.74, 6) is -1.25. The summed E-state index contributed by atoms with van der Waals surface area (Å²) in [6.45, 7) is 0. The zero-order chi connectivity index (χ0) is 14.1. The second kappa shape index (κ2) is 4.94. The molecule has 20 heavy (non-hydrogen) atoms. The van der Waals surface area contributed by atoms with Crippen LogP contribution in [0.1, 0.15) is 10.4 Å². The highest BCUT2D eigenvalue weighted by Crippen LogP contribution is 2.21. The molecular weight excluding hydrogens is 281 g/mol. The smallest absolute Gasteiger partial charge is 0.260 e. The van der Waals surface area contributed by atoms with Crippen molar-refractivity contribution >= 4 is 34.2 Å². The fourth-order valence-corrected chi connectivity index (χ4v) is 2.17. The van der Waals surface area contributed by atoms with E-state index in [1.807, 2.05) is 0 Å². The average molecular weight is 290 g/mol. The van der Waals surface area contributed by atoms with E-state index in [-0.39, 0.29) is 10.6 Å². The van der Waals surface area contributed by atoms with Gasteiger partial charge in [0.2, 0.25) is 0 Å². The number of imidazole rings is 1. The lowest BCUT2D eigenvalue weighted by molar-refractivity contribution is 0.102. The molecule has 0 unspecified atom stereocenters. The van der Waals surface area contributed by atoms with Gasteiger partial charge in [-0.1, -0.05) is 17.7 Å². The molecule has 3 aromatic rings. The maximum atomic E-state index is 13.6. The minimum atomic E-state index is -0.655. The first kappa shape index (κ1) is 12.6. The molecule has 2 N–H and O–H groups in total. The lowest BCUT2D eigenvalue weighted by Gasteiger charge is -2.07. The number of anilines is 1. The number of amides is 1. The minimum absolute atomic E-state index is 0.0742. The first-order valence-corrected chi connectivity index (χ1v) is 6.21. The van der Waals surface area contributed by atoms with E-state index < -0.39 is 11.7 Å². The van der Waals surface area contributed by atoms with Crippen LogP contribution in [-0.2, 0) is 0 Å². The van der Waals surface area contributed by atoms with Crippen molar-refractivity contribution in [3.63, 3.8) is 0 Å². The van der Waals surface area contributed by atoms with Gasteiger partial charge in [0.15, 0.2) is 0 Å². The number of hydrogen-bond acceptors (Lipinski definition) is 2. The van der Waals surface area contributed by atoms with Gasteiger partial charge in [0.25, 0.3) is 5.91 Å². The quantitative estimate of drug-likeness (QED) is 0.757. The molecule has 0 spiro atoms. The van der Waals surface area contributed by atoms with Crippen LogP contribution < -0.4 is 5.32 Å². The van der Waals surface area contributed by atoms with Gasteiger partial charge in [-0.2, -0.15) is 0 Å². The molecule has 6 heteroatoms. The summed E-state index contributed by atoms with van der Waals surface area (Å²) in [5, 5.41) is 2.68. The number of carbonyl (C=O) groups is 1. The SMILES string of the molecule is O=C(Nc1ccc2nc[nH]c2c1)c1c(F)cccc1Cl. The third kappa shape index (κ3) is 2.23. The number of nitrogens with one attached hydrogen (secondary N) is 2. The van der Waals surface area contributed by atoms with E-state index in [4.69, 9.17) is 11.6 Å². The molecule has 0 atom stereocenters. The van der Waals surface area contributed by atoms with Gasteiger partial charge < -0.3 is 10.3 Å². The summed E-state index contributed by atoms with van der Waals surface area (Å²) in [4.78, 5) is 19.1. The summed E-state index contributed by atoms with van der Waals surface area (Å²) in [6.07, 6.45) is 1.56. The first-order chi connectivity index (χ1) is 9.65. The largest absolute Gasteiger partial charge is 0.345 e. The maximum Gasteiger partial charge on any atom is 0.260 e. The predicted octanol–water partition coefficient (Wildman–Crippen LogP) is 3.61. The number of benzene rings is 2. The van der Waals surface area contributed by atoms with E-state index in [1.54, 1.807) is 24.5 Å². The van der Waals surface area contributed by atoms with Gasteiger partial charge in [0.1, 0.15) is 5.82 Å². The molecule has 4 nitrogen and oxygen atoms in total. The number of carbonyl (C=O) groups excluding carboxylic acids is 1. The number of rotatable bonds is 2. The molecule has 1 aromatic heterocycles. The van der Waals surface area contributed by atoms with Gasteiger partial charge in [-0.05, 0) is 30.3 Å². The number of nitrogens with zero attached hydrogens (tertiary/aromatic N) is 1. The second-order valence-electron chi connectivity index (χ2n) is 4.19. The van der Waals surface area contributed by atoms with E-state index in [0.717, 1.165) is 11.0 Å². The number of H-pyrrole nitrogens is 1. The molecule has 0 radical (unpaired) electrons. The van der Waals surface area contributed by atoms with E-state index >= 15 is 0 Å². The van der Waals surface area contributed by atoms with Gasteiger partial charge in [0, 0.05) is 5.69 Å². The molecule has 0 aliphatic carbocycles. The van der Waals surface area contributed by atoms with Crippen molar-refractivity contribution in [3.8, 4) is 0 Å². The van der Waals surface area contributed by atoms with Crippen molar-refractivity contribution in [2.24, 2.45) is 0 Å². The Morgan fingerprint density at radius 2 is 2.15 bits per heavy atom. The van der Waals surface area contributed by atoms with E-state index in [9.17, 15) is 9.18 Å². The number of hydrogen-bond donors (Lipinski definition) is 2. The van der Waals surface area contributed by atoms with Crippen molar-refractivity contribution in [3.05, 3.63) is 59.1 Å². The molecule has 1 heterocycles. The Morgan fingerprint density at radius 1 is 1.30 bits per heavy atom. The molecule has 100 valence electrons. The van der Waals surface area contributed by atoms with Crippen LogP contribution in [0.25, 0.3) is 11.0 Å². The molecule has 0 saturated carbocycles. The van der Waals surface area contributed by atoms with Gasteiger partial charge >= 0.3 is 0 Å². The zero-order valence-corrected chi connectivity index (χ0v) is 10.9. The van der Waals surface area contributed by atoms with Crippen LogP contribution in [0.5, 0.6) is 0 Å². The first-order valence-electron chi connectivity index (χ1n) is 5.83. The van der Waals surface area contributed by atoms with Crippen LogP contribution in [0.3, 0.4) is 0 Å². The number of fused-ring (bicyclic) bond motifs is 1. The molecule has 1 amide bonds. The standard InChI is InChI=1S/C14H9ClFN3O/c15-9-2-1-3-10(16)13(9)14(20)19-8-4-5-11-12(6-8)18-7-17-11/h1-7H,(H,17,18)(H,19,20). The average Bonchev–Trinajstić information content (AvgIpc) is 2.85. The summed E-state index contributed by atoms with van der Waals surface area (Å²) >= 11 is 5.85. The topological polar surface area (TPSA) is 57.8 Å². The van der Waals surface area contributed by atoms with E-state index in [1.165, 1.54) is 18.2 Å². The van der Waals surface area contributed by atoms with Crippen molar-refractivity contribution in [1.82, 2.24) is 9.97 Å². The Morgan fingerprint density at radius 3 is 2.95 bits per heavy atom. The van der Waals surface area contributed by atoms with E-state index in [2.05, 4.69) is 15.3 Å².